The number of hydrogen-bond donors (Lipinski definition) is 2. The second-order valence-electron chi connectivity index (χ2n) is 3.75. The minimum atomic E-state index is -1.20. The molecular formula is C11H11N5O3. The van der Waals surface area contributed by atoms with Crippen molar-refractivity contribution in [1.29, 1.82) is 0 Å². The Morgan fingerprint density at radius 2 is 2.26 bits per heavy atom. The fourth-order valence-corrected chi connectivity index (χ4v) is 1.45. The molecule has 0 spiro atoms. The van der Waals surface area contributed by atoms with E-state index in [9.17, 15) is 9.59 Å². The first-order valence-electron chi connectivity index (χ1n) is 5.43. The summed E-state index contributed by atoms with van der Waals surface area (Å²) in [6.45, 7) is 1.63. The number of anilines is 1. The molecule has 2 heterocycles. The van der Waals surface area contributed by atoms with Gasteiger partial charge in [-0.1, -0.05) is 0 Å². The molecule has 0 aliphatic heterocycles. The van der Waals surface area contributed by atoms with E-state index in [0.29, 0.717) is 0 Å². The highest BCUT2D eigenvalue weighted by atomic mass is 16.4. The van der Waals surface area contributed by atoms with Crippen LogP contribution in [0.1, 0.15) is 23.5 Å². The molecule has 8 heteroatoms. The second kappa shape index (κ2) is 5.25. The Bertz CT molecular complexity index is 596. The Labute approximate surface area is 108 Å². The number of nitrogens with one attached hydrogen (secondary N) is 1. The van der Waals surface area contributed by atoms with Crippen LogP contribution in [0, 0.1) is 0 Å². The van der Waals surface area contributed by atoms with Crippen molar-refractivity contribution in [3.8, 4) is 0 Å². The van der Waals surface area contributed by atoms with Gasteiger partial charge in [0.25, 0.3) is 0 Å². The number of carbonyl (C=O) groups excluding carboxylic acids is 1. The normalized spacial score (nSPS) is 11.8. The van der Waals surface area contributed by atoms with Gasteiger partial charge in [0, 0.05) is 6.20 Å². The van der Waals surface area contributed by atoms with E-state index in [1.807, 2.05) is 0 Å². The summed E-state index contributed by atoms with van der Waals surface area (Å²) in [6, 6.07) is 2.41. The molecule has 0 fully saturated rings. The molecule has 0 saturated heterocycles. The smallest absolute Gasteiger partial charge is 0.356 e. The molecule has 0 aliphatic carbocycles. The molecule has 2 aromatic heterocycles. The summed E-state index contributed by atoms with van der Waals surface area (Å²) in [6.07, 6.45) is 4.07. The van der Waals surface area contributed by atoms with Crippen molar-refractivity contribution in [2.45, 2.75) is 13.0 Å². The van der Waals surface area contributed by atoms with Gasteiger partial charge in [-0.25, -0.2) is 19.4 Å². The van der Waals surface area contributed by atoms with Crippen LogP contribution in [0.3, 0.4) is 0 Å². The van der Waals surface area contributed by atoms with Crippen molar-refractivity contribution in [1.82, 2.24) is 19.7 Å². The molecule has 2 N–H and O–H groups in total. The van der Waals surface area contributed by atoms with Gasteiger partial charge in [-0.15, -0.1) is 0 Å². The van der Waals surface area contributed by atoms with Crippen molar-refractivity contribution in [3.63, 3.8) is 0 Å². The Morgan fingerprint density at radius 3 is 2.89 bits per heavy atom. The molecule has 19 heavy (non-hydrogen) atoms. The number of amides is 1. The standard InChI is InChI=1S/C11H11N5O3/c1-7(16-6-12-5-14-16)10(17)15-8-3-2-4-13-9(8)11(18)19/h2-7H,1H3,(H,15,17)(H,18,19). The maximum atomic E-state index is 12.0. The van der Waals surface area contributed by atoms with Gasteiger partial charge in [0.15, 0.2) is 5.69 Å². The monoisotopic (exact) mass is 261 g/mol. The fourth-order valence-electron chi connectivity index (χ4n) is 1.45. The lowest BCUT2D eigenvalue weighted by Crippen LogP contribution is -2.25. The minimum Gasteiger partial charge on any atom is -0.476 e. The van der Waals surface area contributed by atoms with E-state index in [-0.39, 0.29) is 11.4 Å². The van der Waals surface area contributed by atoms with Gasteiger partial charge in [-0.2, -0.15) is 5.10 Å². The lowest BCUT2D eigenvalue weighted by atomic mass is 10.2. The van der Waals surface area contributed by atoms with Crippen molar-refractivity contribution in [2.75, 3.05) is 5.32 Å². The summed E-state index contributed by atoms with van der Waals surface area (Å²) >= 11 is 0. The second-order valence-corrected chi connectivity index (χ2v) is 3.75. The number of rotatable bonds is 4. The molecule has 2 rings (SSSR count). The Hall–Kier alpha value is -2.77. The van der Waals surface area contributed by atoms with Crippen LogP contribution in [0.15, 0.2) is 31.0 Å². The quantitative estimate of drug-likeness (QED) is 0.832. The average molecular weight is 261 g/mol. The summed E-state index contributed by atoms with van der Waals surface area (Å²) in [5.74, 6) is -1.61. The maximum Gasteiger partial charge on any atom is 0.356 e. The number of nitrogens with zero attached hydrogens (tertiary/aromatic N) is 4. The predicted octanol–water partition coefficient (Wildman–Crippen LogP) is 0.571. The van der Waals surface area contributed by atoms with Crippen LogP contribution in [-0.2, 0) is 4.79 Å². The number of carbonyl (C=O) groups is 2. The molecule has 1 atom stereocenters. The topological polar surface area (TPSA) is 110 Å². The van der Waals surface area contributed by atoms with Crippen LogP contribution in [0.2, 0.25) is 0 Å². The number of aromatic nitrogens is 4. The summed E-state index contributed by atoms with van der Waals surface area (Å²) in [5, 5.41) is 15.3. The van der Waals surface area contributed by atoms with Crippen LogP contribution < -0.4 is 5.32 Å². The number of aromatic carboxylic acids is 1. The highest BCUT2D eigenvalue weighted by Gasteiger charge is 2.19. The molecule has 1 unspecified atom stereocenters. The van der Waals surface area contributed by atoms with Crippen LogP contribution in [-0.4, -0.2) is 36.7 Å². The molecule has 0 bridgehead atoms. The maximum absolute atomic E-state index is 12.0. The SMILES string of the molecule is CC(C(=O)Nc1cccnc1C(=O)O)n1cncn1. The highest BCUT2D eigenvalue weighted by molar-refractivity contribution is 6.00. The number of carboxylic acids is 1. The van der Waals surface area contributed by atoms with E-state index in [1.54, 1.807) is 13.0 Å². The zero-order valence-corrected chi connectivity index (χ0v) is 10.0. The van der Waals surface area contributed by atoms with Crippen LogP contribution in [0.5, 0.6) is 0 Å². The first-order chi connectivity index (χ1) is 9.09. The third-order valence-electron chi connectivity index (χ3n) is 2.48. The van der Waals surface area contributed by atoms with Gasteiger partial charge in [0.05, 0.1) is 5.69 Å². The lowest BCUT2D eigenvalue weighted by Gasteiger charge is -2.12. The molecule has 8 nitrogen and oxygen atoms in total. The molecule has 0 aliphatic rings. The summed E-state index contributed by atoms with van der Waals surface area (Å²) in [4.78, 5) is 30.4. The first-order valence-corrected chi connectivity index (χ1v) is 5.43. The molecule has 0 saturated carbocycles. The largest absolute Gasteiger partial charge is 0.476 e. The molecule has 0 aromatic carbocycles. The van der Waals surface area contributed by atoms with E-state index in [0.717, 1.165) is 0 Å². The van der Waals surface area contributed by atoms with Gasteiger partial charge in [-0.05, 0) is 19.1 Å². The fraction of sp³-hybridized carbons (Fsp3) is 0.182. The van der Waals surface area contributed by atoms with Gasteiger partial charge >= 0.3 is 5.97 Å². The minimum absolute atomic E-state index is 0.145. The Kier molecular flexibility index (Phi) is 3.51. The van der Waals surface area contributed by atoms with Crippen molar-refractivity contribution in [2.24, 2.45) is 0 Å². The van der Waals surface area contributed by atoms with E-state index in [2.05, 4.69) is 20.4 Å². The zero-order chi connectivity index (χ0) is 13.8. The van der Waals surface area contributed by atoms with Crippen LogP contribution >= 0.6 is 0 Å². The van der Waals surface area contributed by atoms with Gasteiger partial charge in [-0.3, -0.25) is 4.79 Å². The highest BCUT2D eigenvalue weighted by Crippen LogP contribution is 2.14. The van der Waals surface area contributed by atoms with Crippen molar-refractivity contribution >= 4 is 17.6 Å². The number of carboxylic acid groups (broad SMARTS) is 1. The molecule has 1 amide bonds. The molecule has 2 aromatic rings. The number of hydrogen-bond acceptors (Lipinski definition) is 5. The molecular weight excluding hydrogens is 250 g/mol. The van der Waals surface area contributed by atoms with Crippen LogP contribution in [0.4, 0.5) is 5.69 Å². The Balaban J connectivity index is 2.18. The first kappa shape index (κ1) is 12.7. The van der Waals surface area contributed by atoms with Gasteiger partial charge < -0.3 is 10.4 Å². The predicted molar refractivity (Wildman–Crippen MR) is 64.6 cm³/mol. The number of pyridine rings is 1. The van der Waals surface area contributed by atoms with Gasteiger partial charge in [0.2, 0.25) is 5.91 Å². The lowest BCUT2D eigenvalue weighted by molar-refractivity contribution is -0.119. The zero-order valence-electron chi connectivity index (χ0n) is 10.0. The summed E-state index contributed by atoms with van der Waals surface area (Å²) in [5.41, 5.74) is -0.0615. The summed E-state index contributed by atoms with van der Waals surface area (Å²) < 4.78 is 1.37. The van der Waals surface area contributed by atoms with E-state index in [1.165, 1.54) is 29.6 Å². The Morgan fingerprint density at radius 1 is 1.47 bits per heavy atom. The third kappa shape index (κ3) is 2.73. The van der Waals surface area contributed by atoms with E-state index in [4.69, 9.17) is 5.11 Å². The summed E-state index contributed by atoms with van der Waals surface area (Å²) in [7, 11) is 0. The van der Waals surface area contributed by atoms with E-state index < -0.39 is 17.9 Å². The molecule has 98 valence electrons. The molecule has 0 radical (unpaired) electrons. The van der Waals surface area contributed by atoms with Crippen LogP contribution in [0.25, 0.3) is 0 Å². The van der Waals surface area contributed by atoms with Crippen molar-refractivity contribution < 1.29 is 14.7 Å². The van der Waals surface area contributed by atoms with Gasteiger partial charge in [0.1, 0.15) is 18.7 Å². The average Bonchev–Trinajstić information content (AvgIpc) is 2.92. The third-order valence-corrected chi connectivity index (χ3v) is 2.48. The van der Waals surface area contributed by atoms with Crippen molar-refractivity contribution in [3.05, 3.63) is 36.7 Å². The van der Waals surface area contributed by atoms with E-state index >= 15 is 0 Å².